The summed E-state index contributed by atoms with van der Waals surface area (Å²) in [5.41, 5.74) is 3.44. The summed E-state index contributed by atoms with van der Waals surface area (Å²) in [5.74, 6) is 1.44. The van der Waals surface area contributed by atoms with Gasteiger partial charge < -0.3 is 14.6 Å². The Morgan fingerprint density at radius 1 is 1.24 bits per heavy atom. The van der Waals surface area contributed by atoms with Gasteiger partial charge in [0.15, 0.2) is 0 Å². The molecule has 0 spiro atoms. The van der Waals surface area contributed by atoms with Gasteiger partial charge in [-0.2, -0.15) is 0 Å². The van der Waals surface area contributed by atoms with E-state index in [2.05, 4.69) is 59.2 Å². The smallest absolute Gasteiger partial charge is 0.207 e. The van der Waals surface area contributed by atoms with E-state index < -0.39 is 0 Å². The molecule has 1 heterocycles. The van der Waals surface area contributed by atoms with Crippen molar-refractivity contribution in [2.75, 3.05) is 19.0 Å². The van der Waals surface area contributed by atoms with Crippen LogP contribution in [0, 0.1) is 6.92 Å². The van der Waals surface area contributed by atoms with E-state index in [0.29, 0.717) is 5.92 Å². The third-order valence-electron chi connectivity index (χ3n) is 3.48. The number of hydrogen-bond donors (Lipinski definition) is 1. The Morgan fingerprint density at radius 3 is 2.57 bits per heavy atom. The average molecular weight is 287 g/mol. The highest BCUT2D eigenvalue weighted by Crippen LogP contribution is 2.20. The monoisotopic (exact) mass is 287 g/mol. The molecular weight excluding hydrogens is 262 g/mol. The standard InChI is InChI=1S/C17H25N3O/c1-13(2)15-6-8-16(9-7-15)19-17-18-14(3)12-20(17)10-5-11-21-4/h6-9,12-13H,5,10-11H2,1-4H3,(H,18,19). The van der Waals surface area contributed by atoms with Crippen LogP contribution in [0.2, 0.25) is 0 Å². The first kappa shape index (κ1) is 15.6. The summed E-state index contributed by atoms with van der Waals surface area (Å²) in [7, 11) is 1.73. The SMILES string of the molecule is COCCCn1cc(C)nc1Nc1ccc(C(C)C)cc1. The number of aromatic nitrogens is 2. The minimum Gasteiger partial charge on any atom is -0.385 e. The van der Waals surface area contributed by atoms with Crippen molar-refractivity contribution in [3.63, 3.8) is 0 Å². The van der Waals surface area contributed by atoms with Crippen LogP contribution in [0.25, 0.3) is 0 Å². The Balaban J connectivity index is 2.07. The van der Waals surface area contributed by atoms with Gasteiger partial charge >= 0.3 is 0 Å². The largest absolute Gasteiger partial charge is 0.385 e. The molecule has 0 bridgehead atoms. The highest BCUT2D eigenvalue weighted by Gasteiger charge is 2.06. The lowest BCUT2D eigenvalue weighted by Crippen LogP contribution is -2.05. The van der Waals surface area contributed by atoms with Crippen LogP contribution < -0.4 is 5.32 Å². The van der Waals surface area contributed by atoms with Crippen molar-refractivity contribution in [3.05, 3.63) is 41.7 Å². The highest BCUT2D eigenvalue weighted by molar-refractivity contribution is 5.54. The maximum atomic E-state index is 5.11. The van der Waals surface area contributed by atoms with Gasteiger partial charge in [-0.1, -0.05) is 26.0 Å². The van der Waals surface area contributed by atoms with Crippen molar-refractivity contribution >= 4 is 11.6 Å². The molecular formula is C17H25N3O. The Bertz CT molecular complexity index is 558. The molecule has 0 saturated carbocycles. The predicted octanol–water partition coefficient (Wildman–Crippen LogP) is 4.10. The number of aryl methyl sites for hydroxylation is 2. The molecule has 0 aliphatic heterocycles. The second kappa shape index (κ2) is 7.27. The molecule has 0 unspecified atom stereocenters. The van der Waals surface area contributed by atoms with Crippen LogP contribution in [0.15, 0.2) is 30.5 Å². The Morgan fingerprint density at radius 2 is 1.95 bits per heavy atom. The molecule has 0 radical (unpaired) electrons. The lowest BCUT2D eigenvalue weighted by molar-refractivity contribution is 0.190. The summed E-state index contributed by atoms with van der Waals surface area (Å²) in [5, 5.41) is 3.40. The molecule has 2 rings (SSSR count). The first-order valence-corrected chi connectivity index (χ1v) is 7.50. The molecule has 1 N–H and O–H groups in total. The second-order valence-corrected chi connectivity index (χ2v) is 5.65. The fourth-order valence-electron chi connectivity index (χ4n) is 2.28. The van der Waals surface area contributed by atoms with Gasteiger partial charge in [-0.15, -0.1) is 0 Å². The molecule has 2 aromatic rings. The molecule has 21 heavy (non-hydrogen) atoms. The molecule has 0 saturated heterocycles. The molecule has 0 amide bonds. The van der Waals surface area contributed by atoms with Gasteiger partial charge in [0, 0.05) is 32.1 Å². The number of nitrogens with one attached hydrogen (secondary N) is 1. The number of nitrogens with zero attached hydrogens (tertiary/aromatic N) is 2. The normalized spacial score (nSPS) is 11.1. The Kier molecular flexibility index (Phi) is 5.39. The van der Waals surface area contributed by atoms with Crippen molar-refractivity contribution < 1.29 is 4.74 Å². The maximum Gasteiger partial charge on any atom is 0.207 e. The first-order valence-electron chi connectivity index (χ1n) is 7.50. The minimum absolute atomic E-state index is 0.553. The van der Waals surface area contributed by atoms with Crippen LogP contribution in [0.1, 0.15) is 37.4 Å². The molecule has 4 heteroatoms. The zero-order valence-electron chi connectivity index (χ0n) is 13.4. The molecule has 114 valence electrons. The van der Waals surface area contributed by atoms with Crippen molar-refractivity contribution in [3.8, 4) is 0 Å². The summed E-state index contributed by atoms with van der Waals surface area (Å²) in [4.78, 5) is 4.55. The molecule has 1 aromatic carbocycles. The van der Waals surface area contributed by atoms with Crippen LogP contribution in [-0.4, -0.2) is 23.3 Å². The average Bonchev–Trinajstić information content (AvgIpc) is 2.80. The minimum atomic E-state index is 0.553. The highest BCUT2D eigenvalue weighted by atomic mass is 16.5. The summed E-state index contributed by atoms with van der Waals surface area (Å²) >= 11 is 0. The lowest BCUT2D eigenvalue weighted by Gasteiger charge is -2.11. The predicted molar refractivity (Wildman–Crippen MR) is 87.3 cm³/mol. The van der Waals surface area contributed by atoms with Crippen LogP contribution in [-0.2, 0) is 11.3 Å². The van der Waals surface area contributed by atoms with Gasteiger partial charge in [0.1, 0.15) is 0 Å². The van der Waals surface area contributed by atoms with Crippen LogP contribution in [0.5, 0.6) is 0 Å². The summed E-state index contributed by atoms with van der Waals surface area (Å²) in [6, 6.07) is 8.55. The van der Waals surface area contributed by atoms with Crippen molar-refractivity contribution in [2.45, 2.75) is 39.7 Å². The molecule has 0 aliphatic carbocycles. The molecule has 1 aromatic heterocycles. The van der Waals surface area contributed by atoms with Crippen LogP contribution >= 0.6 is 0 Å². The zero-order valence-corrected chi connectivity index (χ0v) is 13.4. The van der Waals surface area contributed by atoms with Gasteiger partial charge in [0.25, 0.3) is 0 Å². The summed E-state index contributed by atoms with van der Waals surface area (Å²) in [6.45, 7) is 8.09. The van der Waals surface area contributed by atoms with E-state index in [4.69, 9.17) is 4.74 Å². The van der Waals surface area contributed by atoms with Gasteiger partial charge in [0.2, 0.25) is 5.95 Å². The summed E-state index contributed by atoms with van der Waals surface area (Å²) in [6.07, 6.45) is 3.05. The number of methoxy groups -OCH3 is 1. The van der Waals surface area contributed by atoms with Gasteiger partial charge in [-0.25, -0.2) is 4.98 Å². The number of imidazole rings is 1. The van der Waals surface area contributed by atoms with Gasteiger partial charge in [-0.05, 0) is 37.0 Å². The van der Waals surface area contributed by atoms with Crippen molar-refractivity contribution in [2.24, 2.45) is 0 Å². The van der Waals surface area contributed by atoms with E-state index in [9.17, 15) is 0 Å². The topological polar surface area (TPSA) is 39.1 Å². The molecule has 0 aliphatic rings. The number of rotatable bonds is 7. The first-order chi connectivity index (χ1) is 10.1. The third kappa shape index (κ3) is 4.33. The number of anilines is 2. The Hall–Kier alpha value is -1.81. The van der Waals surface area contributed by atoms with Crippen molar-refractivity contribution in [1.29, 1.82) is 0 Å². The second-order valence-electron chi connectivity index (χ2n) is 5.65. The fourth-order valence-corrected chi connectivity index (χ4v) is 2.28. The zero-order chi connectivity index (χ0) is 15.2. The molecule has 0 atom stereocenters. The van der Waals surface area contributed by atoms with E-state index in [0.717, 1.165) is 36.9 Å². The van der Waals surface area contributed by atoms with Gasteiger partial charge in [-0.3, -0.25) is 0 Å². The Labute approximate surface area is 127 Å². The lowest BCUT2D eigenvalue weighted by atomic mass is 10.0. The summed E-state index contributed by atoms with van der Waals surface area (Å²) < 4.78 is 7.25. The fraction of sp³-hybridized carbons (Fsp3) is 0.471. The van der Waals surface area contributed by atoms with Crippen molar-refractivity contribution in [1.82, 2.24) is 9.55 Å². The maximum absolute atomic E-state index is 5.11. The van der Waals surface area contributed by atoms with E-state index in [1.807, 2.05) is 6.92 Å². The van der Waals surface area contributed by atoms with Gasteiger partial charge in [0.05, 0.1) is 5.69 Å². The third-order valence-corrected chi connectivity index (χ3v) is 3.48. The molecule has 0 fully saturated rings. The number of benzene rings is 1. The van der Waals surface area contributed by atoms with Crippen LogP contribution in [0.4, 0.5) is 11.6 Å². The number of hydrogen-bond acceptors (Lipinski definition) is 3. The number of ether oxygens (including phenoxy) is 1. The van der Waals surface area contributed by atoms with E-state index in [1.54, 1.807) is 7.11 Å². The molecule has 4 nitrogen and oxygen atoms in total. The quantitative estimate of drug-likeness (QED) is 0.779. The van der Waals surface area contributed by atoms with E-state index in [-0.39, 0.29) is 0 Å². The van der Waals surface area contributed by atoms with E-state index in [1.165, 1.54) is 5.56 Å². The van der Waals surface area contributed by atoms with Crippen LogP contribution in [0.3, 0.4) is 0 Å². The van der Waals surface area contributed by atoms with E-state index >= 15 is 0 Å².